The van der Waals surface area contributed by atoms with E-state index >= 15 is 0 Å². The summed E-state index contributed by atoms with van der Waals surface area (Å²) < 4.78 is 12.9. The summed E-state index contributed by atoms with van der Waals surface area (Å²) in [5.41, 5.74) is 11.4. The topological polar surface area (TPSA) is 185 Å². The van der Waals surface area contributed by atoms with Crippen molar-refractivity contribution in [1.29, 1.82) is 0 Å². The lowest BCUT2D eigenvalue weighted by atomic mass is 10.1. The number of carbonyl (C=O) groups is 4. The molecule has 1 aromatic carbocycles. The number of carboxylic acid groups (broad SMARTS) is 2. The highest BCUT2D eigenvalue weighted by atomic mass is 19.1. The Morgan fingerprint density at radius 1 is 0.966 bits per heavy atom. The molecule has 2 amide bonds. The Labute approximate surface area is 167 Å². The van der Waals surface area contributed by atoms with Crippen molar-refractivity contribution in [1.82, 2.24) is 10.6 Å². The highest BCUT2D eigenvalue weighted by Gasteiger charge is 2.19. The van der Waals surface area contributed by atoms with E-state index < -0.39 is 53.7 Å². The number of carbonyl (C=O) groups excluding carboxylic acids is 2. The van der Waals surface area contributed by atoms with Crippen molar-refractivity contribution in [3.63, 3.8) is 0 Å². The first kappa shape index (κ1) is 26.0. The van der Waals surface area contributed by atoms with Gasteiger partial charge in [-0.25, -0.2) is 4.39 Å². The van der Waals surface area contributed by atoms with Gasteiger partial charge in [0.2, 0.25) is 11.8 Å². The zero-order valence-corrected chi connectivity index (χ0v) is 16.4. The average molecular weight is 414 g/mol. The first-order valence-electron chi connectivity index (χ1n) is 8.67. The monoisotopic (exact) mass is 414 g/mol. The molecule has 162 valence electrons. The van der Waals surface area contributed by atoms with Gasteiger partial charge in [-0.05, 0) is 44.9 Å². The van der Waals surface area contributed by atoms with Gasteiger partial charge in [-0.15, -0.1) is 0 Å². The molecule has 1 rings (SSSR count). The number of amides is 2. The van der Waals surface area contributed by atoms with Gasteiger partial charge in [-0.1, -0.05) is 12.1 Å². The van der Waals surface area contributed by atoms with E-state index in [0.717, 1.165) is 0 Å². The van der Waals surface area contributed by atoms with Gasteiger partial charge in [0.15, 0.2) is 0 Å². The van der Waals surface area contributed by atoms with E-state index in [2.05, 4.69) is 10.6 Å². The smallest absolute Gasteiger partial charge is 0.325 e. The van der Waals surface area contributed by atoms with Crippen LogP contribution in [0.25, 0.3) is 0 Å². The largest absolute Gasteiger partial charge is 0.480 e. The van der Waals surface area contributed by atoms with E-state index in [1.54, 1.807) is 6.07 Å². The molecule has 0 spiro atoms. The second-order valence-electron chi connectivity index (χ2n) is 6.37. The molecule has 0 heterocycles. The first-order valence-corrected chi connectivity index (χ1v) is 8.67. The molecule has 8 N–H and O–H groups in total. The number of rotatable bonds is 8. The Hall–Kier alpha value is -3.05. The summed E-state index contributed by atoms with van der Waals surface area (Å²) in [5.74, 6) is -3.65. The zero-order chi connectivity index (χ0) is 22.7. The van der Waals surface area contributed by atoms with Crippen LogP contribution in [0.1, 0.15) is 26.3 Å². The average Bonchev–Trinajstić information content (AvgIpc) is 2.61. The Morgan fingerprint density at radius 3 is 1.86 bits per heavy atom. The van der Waals surface area contributed by atoms with Crippen molar-refractivity contribution in [3.05, 3.63) is 35.6 Å². The predicted octanol–water partition coefficient (Wildman–Crippen LogP) is -0.792. The fourth-order valence-electron chi connectivity index (χ4n) is 1.80. The van der Waals surface area contributed by atoms with Crippen LogP contribution in [0.15, 0.2) is 24.3 Å². The molecule has 1 aromatic rings. The third kappa shape index (κ3) is 10.8. The van der Waals surface area contributed by atoms with Crippen LogP contribution in [0.5, 0.6) is 0 Å². The minimum Gasteiger partial charge on any atom is -0.480 e. The van der Waals surface area contributed by atoms with Gasteiger partial charge in [0.25, 0.3) is 0 Å². The molecule has 4 atom stereocenters. The summed E-state index contributed by atoms with van der Waals surface area (Å²) in [4.78, 5) is 43.1. The molecule has 0 saturated carbocycles. The quantitative estimate of drug-likeness (QED) is 0.319. The molecule has 11 heteroatoms. The van der Waals surface area contributed by atoms with E-state index in [4.69, 9.17) is 21.7 Å². The standard InChI is InChI=1S/C12H15FN2O3.C6H12N2O3/c1-7(12(17)18)15-11(16)10(14)6-8-3-2-4-9(13)5-8;1-3(7)5(9)8-4(2)6(10)11/h2-5,7,10H,6,14H2,1H3,(H,15,16)(H,17,18);3-4H,7H2,1-2H3,(H,8,9)(H,10,11)/t7-,10-;3-,4-/m00/s1. The number of nitrogens with one attached hydrogen (secondary N) is 2. The van der Waals surface area contributed by atoms with Crippen molar-refractivity contribution >= 4 is 23.8 Å². The van der Waals surface area contributed by atoms with Crippen LogP contribution in [0.2, 0.25) is 0 Å². The molecule has 0 aliphatic carbocycles. The second kappa shape index (κ2) is 12.4. The highest BCUT2D eigenvalue weighted by Crippen LogP contribution is 2.06. The third-order valence-corrected chi connectivity index (χ3v) is 3.55. The van der Waals surface area contributed by atoms with Gasteiger partial charge in [0, 0.05) is 0 Å². The maximum atomic E-state index is 12.9. The van der Waals surface area contributed by atoms with Crippen LogP contribution >= 0.6 is 0 Å². The molecule has 0 aliphatic rings. The van der Waals surface area contributed by atoms with Crippen molar-refractivity contribution in [3.8, 4) is 0 Å². The molecule has 0 radical (unpaired) electrons. The lowest BCUT2D eigenvalue weighted by Crippen LogP contribution is -2.48. The number of hydrogen-bond donors (Lipinski definition) is 6. The van der Waals surface area contributed by atoms with E-state index in [0.29, 0.717) is 5.56 Å². The molecule has 0 aromatic heterocycles. The molecule has 0 unspecified atom stereocenters. The van der Waals surface area contributed by atoms with Crippen LogP contribution in [0.4, 0.5) is 4.39 Å². The van der Waals surface area contributed by atoms with Crippen LogP contribution < -0.4 is 22.1 Å². The highest BCUT2D eigenvalue weighted by molar-refractivity contribution is 5.87. The van der Waals surface area contributed by atoms with Gasteiger partial charge < -0.3 is 32.3 Å². The molecular formula is C18H27FN4O6. The maximum absolute atomic E-state index is 12.9. The number of carboxylic acids is 2. The fourth-order valence-corrected chi connectivity index (χ4v) is 1.80. The summed E-state index contributed by atoms with van der Waals surface area (Å²) in [5, 5.41) is 21.5. The summed E-state index contributed by atoms with van der Waals surface area (Å²) in [6.45, 7) is 4.21. The second-order valence-corrected chi connectivity index (χ2v) is 6.37. The van der Waals surface area contributed by atoms with E-state index in [9.17, 15) is 23.6 Å². The van der Waals surface area contributed by atoms with Gasteiger partial charge in [0.05, 0.1) is 12.1 Å². The molecule has 0 bridgehead atoms. The summed E-state index contributed by atoms with van der Waals surface area (Å²) in [6, 6.07) is 2.29. The Balaban J connectivity index is 0.000000614. The van der Waals surface area contributed by atoms with Crippen LogP contribution in [0.3, 0.4) is 0 Å². The van der Waals surface area contributed by atoms with Crippen molar-refractivity contribution in [2.75, 3.05) is 0 Å². The van der Waals surface area contributed by atoms with Gasteiger partial charge >= 0.3 is 11.9 Å². The zero-order valence-electron chi connectivity index (χ0n) is 16.4. The summed E-state index contributed by atoms with van der Waals surface area (Å²) in [6.07, 6.45) is 0.149. The molecule has 0 aliphatic heterocycles. The maximum Gasteiger partial charge on any atom is 0.325 e. The number of benzene rings is 1. The number of hydrogen-bond acceptors (Lipinski definition) is 6. The number of halogens is 1. The van der Waals surface area contributed by atoms with E-state index in [1.165, 1.54) is 39.0 Å². The number of nitrogens with two attached hydrogens (primary N) is 2. The van der Waals surface area contributed by atoms with E-state index in [-0.39, 0.29) is 6.42 Å². The van der Waals surface area contributed by atoms with Crippen molar-refractivity contribution in [2.24, 2.45) is 11.5 Å². The van der Waals surface area contributed by atoms with Crippen molar-refractivity contribution in [2.45, 2.75) is 51.4 Å². The molecule has 0 fully saturated rings. The molecule has 0 saturated heterocycles. The fraction of sp³-hybridized carbons (Fsp3) is 0.444. The summed E-state index contributed by atoms with van der Waals surface area (Å²) in [7, 11) is 0. The van der Waals surface area contributed by atoms with Gasteiger partial charge in [-0.2, -0.15) is 0 Å². The van der Waals surface area contributed by atoms with E-state index in [1.807, 2.05) is 0 Å². The third-order valence-electron chi connectivity index (χ3n) is 3.55. The van der Waals surface area contributed by atoms with Crippen LogP contribution in [0, 0.1) is 5.82 Å². The Morgan fingerprint density at radius 2 is 1.45 bits per heavy atom. The summed E-state index contributed by atoms with van der Waals surface area (Å²) >= 11 is 0. The van der Waals surface area contributed by atoms with Gasteiger partial charge in [-0.3, -0.25) is 19.2 Å². The predicted molar refractivity (Wildman–Crippen MR) is 102 cm³/mol. The normalized spacial score (nSPS) is 14.3. The lowest BCUT2D eigenvalue weighted by molar-refractivity contribution is -0.141. The minimum absolute atomic E-state index is 0.149. The van der Waals surface area contributed by atoms with Gasteiger partial charge in [0.1, 0.15) is 17.9 Å². The van der Waals surface area contributed by atoms with Crippen LogP contribution in [-0.4, -0.2) is 58.1 Å². The minimum atomic E-state index is -1.14. The first-order chi connectivity index (χ1) is 13.3. The molecular weight excluding hydrogens is 387 g/mol. The molecule has 10 nitrogen and oxygen atoms in total. The SMILES string of the molecule is C[C@H](N)C(=O)N[C@@H](C)C(=O)O.C[C@H](NC(=O)[C@@H](N)Cc1cccc(F)c1)C(=O)O. The Kier molecular flexibility index (Phi) is 11.1. The lowest BCUT2D eigenvalue weighted by Gasteiger charge is -2.14. The Bertz CT molecular complexity index is 728. The van der Waals surface area contributed by atoms with Crippen molar-refractivity contribution < 1.29 is 33.8 Å². The molecule has 29 heavy (non-hydrogen) atoms. The number of aliphatic carboxylic acids is 2. The van der Waals surface area contributed by atoms with Crippen LogP contribution in [-0.2, 0) is 25.6 Å².